The number of aromatic nitrogens is 5. The molecule has 0 aliphatic carbocycles. The minimum Gasteiger partial charge on any atom is -0.347 e. The number of hydrogen-bond donors (Lipinski definition) is 3. The van der Waals surface area contributed by atoms with Gasteiger partial charge in [-0.25, -0.2) is 8.78 Å². The van der Waals surface area contributed by atoms with Gasteiger partial charge in [0.1, 0.15) is 17.5 Å². The second-order valence-electron chi connectivity index (χ2n) is 6.55. The summed E-state index contributed by atoms with van der Waals surface area (Å²) >= 11 is 1.61. The van der Waals surface area contributed by atoms with Crippen LogP contribution in [0.2, 0.25) is 0 Å². The van der Waals surface area contributed by atoms with Gasteiger partial charge >= 0.3 is 0 Å². The first kappa shape index (κ1) is 19.9. The van der Waals surface area contributed by atoms with Gasteiger partial charge in [-0.3, -0.25) is 5.10 Å². The van der Waals surface area contributed by atoms with Crippen LogP contribution in [0.3, 0.4) is 0 Å². The second-order valence-corrected chi connectivity index (χ2v) is 7.50. The molecule has 1 unspecified atom stereocenters. The van der Waals surface area contributed by atoms with Gasteiger partial charge in [-0.1, -0.05) is 19.1 Å². The fourth-order valence-electron chi connectivity index (χ4n) is 2.88. The number of nitrogens with one attached hydrogen (secondary N) is 3. The van der Waals surface area contributed by atoms with Crippen molar-refractivity contribution in [2.24, 2.45) is 0 Å². The number of aromatic amines is 1. The molecule has 0 spiro atoms. The highest BCUT2D eigenvalue weighted by Crippen LogP contribution is 2.26. The molecule has 7 nitrogen and oxygen atoms in total. The van der Waals surface area contributed by atoms with E-state index >= 15 is 0 Å². The molecule has 0 saturated carbocycles. The van der Waals surface area contributed by atoms with E-state index in [0.29, 0.717) is 29.6 Å². The van der Waals surface area contributed by atoms with Gasteiger partial charge in [-0.15, -0.1) is 11.3 Å². The number of aryl methyl sites for hydroxylation is 1. The highest BCUT2D eigenvalue weighted by molar-refractivity contribution is 7.13. The van der Waals surface area contributed by atoms with Crippen molar-refractivity contribution in [3.8, 4) is 10.6 Å². The maximum Gasteiger partial charge on any atom is 0.233 e. The molecule has 0 aliphatic heterocycles. The molecule has 10 heteroatoms. The molecule has 30 heavy (non-hydrogen) atoms. The largest absolute Gasteiger partial charge is 0.347 e. The predicted octanol–water partition coefficient (Wildman–Crippen LogP) is 5.08. The highest BCUT2D eigenvalue weighted by atomic mass is 32.1. The third-order valence-corrected chi connectivity index (χ3v) is 5.28. The van der Waals surface area contributed by atoms with Crippen LogP contribution in [0.15, 0.2) is 41.8 Å². The molecule has 1 atom stereocenters. The molecule has 4 rings (SSSR count). The Morgan fingerprint density at radius 3 is 2.67 bits per heavy atom. The Labute approximate surface area is 175 Å². The first-order valence-electron chi connectivity index (χ1n) is 9.34. The molecular formula is C20H19F2N7S. The van der Waals surface area contributed by atoms with Crippen molar-refractivity contribution in [2.75, 3.05) is 10.6 Å². The Morgan fingerprint density at radius 1 is 1.10 bits per heavy atom. The monoisotopic (exact) mass is 427 g/mol. The van der Waals surface area contributed by atoms with Crippen LogP contribution in [0.25, 0.3) is 10.6 Å². The molecule has 0 fully saturated rings. The lowest BCUT2D eigenvalue weighted by molar-refractivity contribution is 0.566. The topological polar surface area (TPSA) is 91.4 Å². The third kappa shape index (κ3) is 4.43. The van der Waals surface area contributed by atoms with Gasteiger partial charge in [0.15, 0.2) is 5.82 Å². The van der Waals surface area contributed by atoms with Crippen LogP contribution in [-0.2, 0) is 6.42 Å². The van der Waals surface area contributed by atoms with Gasteiger partial charge in [0.2, 0.25) is 11.9 Å². The Kier molecular flexibility index (Phi) is 5.66. The van der Waals surface area contributed by atoms with E-state index in [9.17, 15) is 8.78 Å². The van der Waals surface area contributed by atoms with Crippen molar-refractivity contribution in [2.45, 2.75) is 26.3 Å². The van der Waals surface area contributed by atoms with Crippen LogP contribution >= 0.6 is 11.3 Å². The lowest BCUT2D eigenvalue weighted by atomic mass is 10.1. The van der Waals surface area contributed by atoms with Crippen LogP contribution in [0, 0.1) is 11.6 Å². The van der Waals surface area contributed by atoms with Crippen molar-refractivity contribution in [3.63, 3.8) is 0 Å². The molecular weight excluding hydrogens is 408 g/mol. The average molecular weight is 427 g/mol. The van der Waals surface area contributed by atoms with E-state index in [0.717, 1.165) is 16.6 Å². The molecule has 1 aromatic carbocycles. The number of benzene rings is 1. The number of rotatable bonds is 7. The minimum atomic E-state index is -0.629. The molecule has 0 amide bonds. The number of nitrogens with zero attached hydrogens (tertiary/aromatic N) is 4. The lowest BCUT2D eigenvalue weighted by Gasteiger charge is -2.16. The van der Waals surface area contributed by atoms with Crippen LogP contribution in [0.5, 0.6) is 0 Å². The fourth-order valence-corrected chi connectivity index (χ4v) is 3.57. The number of halogens is 2. The fraction of sp³-hybridized carbons (Fsp3) is 0.200. The minimum absolute atomic E-state index is 0.287. The number of thiophene rings is 1. The van der Waals surface area contributed by atoms with E-state index in [4.69, 9.17) is 0 Å². The summed E-state index contributed by atoms with van der Waals surface area (Å²) in [5, 5.41) is 15.3. The molecule has 0 bridgehead atoms. The maximum absolute atomic E-state index is 14.1. The first-order valence-corrected chi connectivity index (χ1v) is 10.2. The van der Waals surface area contributed by atoms with E-state index in [1.54, 1.807) is 18.3 Å². The standard InChI is InChI=1S/C20H19F2N7S/c1-3-17-24-19(23-11(2)13-7-6-12(21)9-14(13)22)27-20(25-17)26-18-10-15(28-29-18)16-5-4-8-30-16/h4-11H,3H2,1-2H3,(H3,23,24,25,26,27,28,29). The summed E-state index contributed by atoms with van der Waals surface area (Å²) in [5.74, 6) is 0.487. The Morgan fingerprint density at radius 2 is 1.93 bits per heavy atom. The van der Waals surface area contributed by atoms with Crippen molar-refractivity contribution in [1.82, 2.24) is 25.1 Å². The Hall–Kier alpha value is -3.40. The molecule has 3 aromatic heterocycles. The summed E-state index contributed by atoms with van der Waals surface area (Å²) in [5.41, 5.74) is 1.20. The zero-order chi connectivity index (χ0) is 21.1. The van der Waals surface area contributed by atoms with Crippen molar-refractivity contribution < 1.29 is 8.78 Å². The molecule has 0 saturated heterocycles. The zero-order valence-corrected chi connectivity index (χ0v) is 17.1. The normalized spacial score (nSPS) is 12.0. The number of hydrogen-bond acceptors (Lipinski definition) is 7. The quantitative estimate of drug-likeness (QED) is 0.381. The van der Waals surface area contributed by atoms with Crippen molar-refractivity contribution >= 4 is 29.1 Å². The van der Waals surface area contributed by atoms with E-state index in [2.05, 4.69) is 35.8 Å². The van der Waals surface area contributed by atoms with Crippen LogP contribution in [0.4, 0.5) is 26.5 Å². The smallest absolute Gasteiger partial charge is 0.233 e. The average Bonchev–Trinajstić information content (AvgIpc) is 3.39. The van der Waals surface area contributed by atoms with E-state index in [1.165, 1.54) is 12.1 Å². The highest BCUT2D eigenvalue weighted by Gasteiger charge is 2.15. The zero-order valence-electron chi connectivity index (χ0n) is 16.3. The van der Waals surface area contributed by atoms with Gasteiger partial charge < -0.3 is 10.6 Å². The second kappa shape index (κ2) is 8.54. The molecule has 0 radical (unpaired) electrons. The van der Waals surface area contributed by atoms with E-state index in [1.807, 2.05) is 30.5 Å². The van der Waals surface area contributed by atoms with Crippen molar-refractivity contribution in [3.05, 3.63) is 64.8 Å². The summed E-state index contributed by atoms with van der Waals surface area (Å²) in [6.45, 7) is 3.68. The molecule has 4 aromatic rings. The number of anilines is 3. The van der Waals surface area contributed by atoms with Gasteiger partial charge in [0.05, 0.1) is 16.6 Å². The lowest BCUT2D eigenvalue weighted by Crippen LogP contribution is -2.14. The van der Waals surface area contributed by atoms with E-state index < -0.39 is 17.7 Å². The predicted molar refractivity (Wildman–Crippen MR) is 113 cm³/mol. The van der Waals surface area contributed by atoms with Gasteiger partial charge in [-0.05, 0) is 24.4 Å². The van der Waals surface area contributed by atoms with E-state index in [-0.39, 0.29) is 5.95 Å². The van der Waals surface area contributed by atoms with Crippen LogP contribution in [0.1, 0.15) is 31.3 Å². The summed E-state index contributed by atoms with van der Waals surface area (Å²) in [7, 11) is 0. The molecule has 3 N–H and O–H groups in total. The van der Waals surface area contributed by atoms with Gasteiger partial charge in [-0.2, -0.15) is 20.1 Å². The molecule has 154 valence electrons. The van der Waals surface area contributed by atoms with Crippen LogP contribution in [-0.4, -0.2) is 25.1 Å². The Balaban J connectivity index is 1.54. The van der Waals surface area contributed by atoms with Crippen LogP contribution < -0.4 is 10.6 Å². The third-order valence-electron chi connectivity index (χ3n) is 4.38. The molecule has 0 aliphatic rings. The maximum atomic E-state index is 14.1. The van der Waals surface area contributed by atoms with Gasteiger partial charge in [0, 0.05) is 24.1 Å². The van der Waals surface area contributed by atoms with Gasteiger partial charge in [0.25, 0.3) is 0 Å². The summed E-state index contributed by atoms with van der Waals surface area (Å²) < 4.78 is 27.3. The molecule has 3 heterocycles. The summed E-state index contributed by atoms with van der Waals surface area (Å²) in [4.78, 5) is 14.2. The van der Waals surface area contributed by atoms with Crippen molar-refractivity contribution in [1.29, 1.82) is 0 Å². The summed E-state index contributed by atoms with van der Waals surface area (Å²) in [6.07, 6.45) is 0.589. The first-order chi connectivity index (χ1) is 14.5. The number of H-pyrrole nitrogens is 1. The Bertz CT molecular complexity index is 1140. The summed E-state index contributed by atoms with van der Waals surface area (Å²) in [6, 6.07) is 8.84. The SMILES string of the molecule is CCc1nc(Nc2cc(-c3cccs3)[nH]n2)nc(NC(C)c2ccc(F)cc2F)n1.